The molecule has 6 heteroatoms. The van der Waals surface area contributed by atoms with Gasteiger partial charge in [-0.05, 0) is 67.1 Å². The number of hydrogen-bond donors (Lipinski definition) is 0. The first-order valence-corrected chi connectivity index (χ1v) is 10.6. The third-order valence-corrected chi connectivity index (χ3v) is 5.03. The molecule has 2 aromatic carbocycles. The van der Waals surface area contributed by atoms with Crippen LogP contribution in [0.3, 0.4) is 0 Å². The van der Waals surface area contributed by atoms with Crippen molar-refractivity contribution >= 4 is 17.8 Å². The van der Waals surface area contributed by atoms with Crippen molar-refractivity contribution in [2.24, 2.45) is 4.99 Å². The van der Waals surface area contributed by atoms with Gasteiger partial charge in [0, 0.05) is 25.4 Å². The van der Waals surface area contributed by atoms with Crippen molar-refractivity contribution in [3.8, 4) is 0 Å². The molecular weight excluding hydrogens is 401 g/mol. The van der Waals surface area contributed by atoms with Crippen molar-refractivity contribution < 1.29 is 18.0 Å². The lowest BCUT2D eigenvalue weighted by atomic mass is 9.91. The Morgan fingerprint density at radius 2 is 1.84 bits per heavy atom. The lowest BCUT2D eigenvalue weighted by Crippen LogP contribution is -2.27. The molecule has 0 aliphatic rings. The fraction of sp³-hybridized carbons (Fsp3) is 0.440. The predicted molar refractivity (Wildman–Crippen MR) is 122 cm³/mol. The van der Waals surface area contributed by atoms with Crippen LogP contribution in [0.2, 0.25) is 0 Å². The normalized spacial score (nSPS) is 12.3. The Morgan fingerprint density at radius 3 is 2.39 bits per heavy atom. The van der Waals surface area contributed by atoms with Gasteiger partial charge in [0.2, 0.25) is 0 Å². The zero-order valence-corrected chi connectivity index (χ0v) is 19.5. The van der Waals surface area contributed by atoms with Gasteiger partial charge >= 0.3 is 6.18 Å². The minimum absolute atomic E-state index is 0.0939. The van der Waals surface area contributed by atoms with Gasteiger partial charge in [-0.2, -0.15) is 13.2 Å². The average molecular weight is 435 g/mol. The molecule has 31 heavy (non-hydrogen) atoms. The molecule has 2 rings (SSSR count). The second kappa shape index (κ2) is 11.7. The monoisotopic (exact) mass is 434 g/mol. The number of hydrogen-bond acceptors (Lipinski definition) is 2. The van der Waals surface area contributed by atoms with Gasteiger partial charge in [-0.1, -0.05) is 39.8 Å². The Morgan fingerprint density at radius 1 is 1.19 bits per heavy atom. The number of carbonyl (C=O) groups is 1. The Hall–Kier alpha value is -2.63. The smallest absolute Gasteiger partial charge is 0.337 e. The predicted octanol–water partition coefficient (Wildman–Crippen LogP) is 7.55. The first-order valence-electron chi connectivity index (χ1n) is 10.6. The maximum atomic E-state index is 13.2. The van der Waals surface area contributed by atoms with Gasteiger partial charge < -0.3 is 4.90 Å². The molecule has 0 radical (unpaired) electrons. The van der Waals surface area contributed by atoms with E-state index in [1.165, 1.54) is 11.0 Å². The van der Waals surface area contributed by atoms with E-state index in [-0.39, 0.29) is 18.4 Å². The Bertz CT molecular complexity index is 904. The largest absolute Gasteiger partial charge is 0.416 e. The summed E-state index contributed by atoms with van der Waals surface area (Å²) in [5.74, 6) is -0.0600. The summed E-state index contributed by atoms with van der Waals surface area (Å²) in [5, 5.41) is 0. The molecule has 0 fully saturated rings. The fourth-order valence-electron chi connectivity index (χ4n) is 3.20. The number of nitrogens with zero attached hydrogens (tertiary/aromatic N) is 2. The number of alkyl halides is 3. The number of rotatable bonds is 6. The molecule has 0 N–H and O–H groups in total. The summed E-state index contributed by atoms with van der Waals surface area (Å²) in [7, 11) is 1.61. The van der Waals surface area contributed by atoms with Crippen LogP contribution in [0.4, 0.5) is 18.9 Å². The summed E-state index contributed by atoms with van der Waals surface area (Å²) in [6, 6.07) is 8.84. The Kier molecular flexibility index (Phi) is 9.95. The van der Waals surface area contributed by atoms with Crippen LogP contribution in [0, 0.1) is 6.92 Å². The average Bonchev–Trinajstić information content (AvgIpc) is 2.75. The van der Waals surface area contributed by atoms with Gasteiger partial charge in [0.25, 0.3) is 5.91 Å². The van der Waals surface area contributed by atoms with Gasteiger partial charge in [0.05, 0.1) is 11.3 Å². The molecule has 0 saturated heterocycles. The number of aliphatic imine (C=N–C) groups is 1. The summed E-state index contributed by atoms with van der Waals surface area (Å²) in [6.45, 7) is 11.9. The zero-order chi connectivity index (χ0) is 23.8. The minimum atomic E-state index is -4.41. The summed E-state index contributed by atoms with van der Waals surface area (Å²) in [4.78, 5) is 19.0. The van der Waals surface area contributed by atoms with Gasteiger partial charge in [-0.25, -0.2) is 0 Å². The van der Waals surface area contributed by atoms with Crippen molar-refractivity contribution in [2.75, 3.05) is 7.05 Å². The molecule has 1 amide bonds. The van der Waals surface area contributed by atoms with Gasteiger partial charge in [0.1, 0.15) is 0 Å². The van der Waals surface area contributed by atoms with E-state index in [1.807, 2.05) is 53.7 Å². The van der Waals surface area contributed by atoms with E-state index in [0.29, 0.717) is 11.1 Å². The zero-order valence-electron chi connectivity index (χ0n) is 19.5. The highest BCUT2D eigenvalue weighted by molar-refractivity contribution is 5.96. The molecule has 3 nitrogen and oxygen atoms in total. The number of aryl methyl sites for hydroxylation is 1. The highest BCUT2D eigenvalue weighted by atomic mass is 19.4. The molecule has 0 aromatic heterocycles. The molecule has 0 bridgehead atoms. The Balaban J connectivity index is 0.00000233. The standard InChI is InChI=1S/C23H27F3N2O.C2H6/c1-6-15(3)19-13-21(27-7-2)16(4)11-20(19)22(29)28(5)14-17-9-8-10-18(12-17)23(24,25)26;1-2/h7-13,15H,6,14H2,1-5H3;1-2H3. The molecule has 0 aliphatic carbocycles. The van der Waals surface area contributed by atoms with Crippen LogP contribution in [0.25, 0.3) is 0 Å². The third kappa shape index (κ3) is 6.94. The highest BCUT2D eigenvalue weighted by Gasteiger charge is 2.30. The number of carbonyl (C=O) groups excluding carboxylic acids is 1. The van der Waals surface area contributed by atoms with Gasteiger partial charge in [-0.3, -0.25) is 9.79 Å². The summed E-state index contributed by atoms with van der Waals surface area (Å²) in [6.07, 6.45) is -1.84. The van der Waals surface area contributed by atoms with Crippen molar-refractivity contribution in [1.29, 1.82) is 0 Å². The maximum absolute atomic E-state index is 13.2. The van der Waals surface area contributed by atoms with E-state index in [9.17, 15) is 18.0 Å². The molecule has 1 atom stereocenters. The maximum Gasteiger partial charge on any atom is 0.416 e. The summed E-state index contributed by atoms with van der Waals surface area (Å²) >= 11 is 0. The van der Waals surface area contributed by atoms with Crippen LogP contribution in [0.5, 0.6) is 0 Å². The van der Waals surface area contributed by atoms with Crippen LogP contribution < -0.4 is 0 Å². The van der Waals surface area contributed by atoms with Crippen molar-refractivity contribution in [2.45, 2.75) is 66.6 Å². The van der Waals surface area contributed by atoms with E-state index in [2.05, 4.69) is 4.99 Å². The van der Waals surface area contributed by atoms with E-state index >= 15 is 0 Å². The van der Waals surface area contributed by atoms with E-state index in [1.54, 1.807) is 19.3 Å². The van der Waals surface area contributed by atoms with E-state index in [4.69, 9.17) is 0 Å². The van der Waals surface area contributed by atoms with Crippen LogP contribution in [0.1, 0.15) is 79.6 Å². The third-order valence-electron chi connectivity index (χ3n) is 5.03. The second-order valence-corrected chi connectivity index (χ2v) is 7.28. The molecular formula is C25H33F3N2O. The van der Waals surface area contributed by atoms with Crippen LogP contribution in [-0.2, 0) is 12.7 Å². The SMILES string of the molecule is CC.CC=Nc1cc(C(C)CC)c(C(=O)N(C)Cc2cccc(C(F)(F)F)c2)cc1C. The second-order valence-electron chi connectivity index (χ2n) is 7.28. The van der Waals surface area contributed by atoms with Crippen molar-refractivity contribution in [3.05, 3.63) is 64.2 Å². The van der Waals surface area contributed by atoms with Crippen molar-refractivity contribution in [1.82, 2.24) is 4.90 Å². The van der Waals surface area contributed by atoms with Crippen LogP contribution in [0.15, 0.2) is 41.4 Å². The quantitative estimate of drug-likeness (QED) is 0.432. The topological polar surface area (TPSA) is 32.7 Å². The molecule has 2 aromatic rings. The minimum Gasteiger partial charge on any atom is -0.337 e. The fourth-order valence-corrected chi connectivity index (χ4v) is 3.20. The first-order chi connectivity index (χ1) is 14.6. The summed E-state index contributed by atoms with van der Waals surface area (Å²) < 4.78 is 38.9. The van der Waals surface area contributed by atoms with Crippen molar-refractivity contribution in [3.63, 3.8) is 0 Å². The van der Waals surface area contributed by atoms with Gasteiger partial charge in [0.15, 0.2) is 0 Å². The molecule has 0 aliphatic heterocycles. The molecule has 1 unspecified atom stereocenters. The van der Waals surface area contributed by atoms with Gasteiger partial charge in [-0.15, -0.1) is 0 Å². The van der Waals surface area contributed by atoms with Crippen LogP contribution in [-0.4, -0.2) is 24.1 Å². The number of amides is 1. The Labute approximate surface area is 184 Å². The number of halogens is 3. The molecule has 170 valence electrons. The van der Waals surface area contributed by atoms with E-state index < -0.39 is 11.7 Å². The highest BCUT2D eigenvalue weighted by Crippen LogP contribution is 2.32. The molecule has 0 heterocycles. The molecule has 0 saturated carbocycles. The van der Waals surface area contributed by atoms with E-state index in [0.717, 1.165) is 35.4 Å². The first kappa shape index (κ1) is 26.4. The lowest BCUT2D eigenvalue weighted by Gasteiger charge is -2.22. The summed E-state index contributed by atoms with van der Waals surface area (Å²) in [5.41, 5.74) is 2.89. The molecule has 0 spiro atoms. The number of benzene rings is 2. The lowest BCUT2D eigenvalue weighted by molar-refractivity contribution is -0.137. The van der Waals surface area contributed by atoms with Crippen LogP contribution >= 0.6 is 0 Å².